The molecule has 568 valence electrons. The van der Waals surface area contributed by atoms with Crippen LogP contribution in [0.1, 0.15) is 98.5 Å². The zero-order valence-electron chi connectivity index (χ0n) is 62.4. The van der Waals surface area contributed by atoms with Crippen molar-refractivity contribution in [2.24, 2.45) is 5.10 Å². The molecule has 5 aliphatic rings. The van der Waals surface area contributed by atoms with Gasteiger partial charge in [-0.05, 0) is 215 Å². The highest BCUT2D eigenvalue weighted by molar-refractivity contribution is 14.1. The lowest BCUT2D eigenvalue weighted by Gasteiger charge is -2.09. The first-order valence-electron chi connectivity index (χ1n) is 38.1. The number of anilines is 1. The molecule has 115 heavy (non-hydrogen) atoms. The minimum Gasteiger partial charge on any atom is -0.457 e. The molecule has 5 aliphatic heterocycles. The van der Waals surface area contributed by atoms with Crippen LogP contribution in [0.4, 0.5) is 10.1 Å². The van der Waals surface area contributed by atoms with E-state index in [4.69, 9.17) is 4.74 Å². The van der Waals surface area contributed by atoms with Gasteiger partial charge in [-0.25, -0.2) is 9.82 Å². The van der Waals surface area contributed by atoms with Crippen molar-refractivity contribution in [1.82, 2.24) is 51.6 Å². The largest absolute Gasteiger partial charge is 0.457 e. The van der Waals surface area contributed by atoms with E-state index >= 15 is 0 Å². The molecule has 10 heterocycles. The molecular formula is C94H76FIN12O7. The number of rotatable bonds is 10. The van der Waals surface area contributed by atoms with Gasteiger partial charge in [0, 0.05) is 156 Å². The van der Waals surface area contributed by atoms with Crippen molar-refractivity contribution in [1.29, 1.82) is 0 Å². The summed E-state index contributed by atoms with van der Waals surface area (Å²) >= 11 is 2.29. The fraction of sp³-hybridized carbons (Fsp3) is 0.117. The molecule has 19 nitrogen and oxygen atoms in total. The van der Waals surface area contributed by atoms with Crippen LogP contribution in [-0.4, -0.2) is 92.3 Å². The lowest BCUT2D eigenvalue weighted by Crippen LogP contribution is -2.23. The first-order chi connectivity index (χ1) is 56.2. The van der Waals surface area contributed by atoms with E-state index < -0.39 is 0 Å². The SMILES string of the molecule is CC(=O)Nc1cccc(-c2[nH]c3cccc4c3c2CCNC4=O)c1.O=C1NCCc2c(-c3ccc(-c4ccccc4)cc3)[nH]c3cccc1c23.O=C1NCCc2c(-c3cccc(Oc4ccc(F)cc4)c3)[nH]c3cccc1c23.O=C1NCCc2c(I)[nH]c3cccc1c23.O=C1NN=C(CCc2ccccc2)c2c[nH]c3cccc1c23. The number of amides is 6. The van der Waals surface area contributed by atoms with Crippen LogP contribution in [0.25, 0.3) is 99.4 Å². The summed E-state index contributed by atoms with van der Waals surface area (Å²) in [4.78, 5) is 89.2. The second-order valence-corrected chi connectivity index (χ2v) is 29.6. The minimum absolute atomic E-state index is 0.0133. The number of ether oxygens (including phenoxy) is 1. The highest BCUT2D eigenvalue weighted by atomic mass is 127. The van der Waals surface area contributed by atoms with E-state index in [1.54, 1.807) is 12.1 Å². The number of hydrogen-bond acceptors (Lipinski definition) is 8. The fourth-order valence-corrected chi connectivity index (χ4v) is 16.8. The molecule has 0 bridgehead atoms. The van der Waals surface area contributed by atoms with Crippen LogP contribution in [0.5, 0.6) is 11.5 Å². The number of aromatic amines is 5. The third-order valence-electron chi connectivity index (χ3n) is 21.3. The Morgan fingerprint density at radius 1 is 0.400 bits per heavy atom. The van der Waals surface area contributed by atoms with Gasteiger partial charge in [0.1, 0.15) is 17.3 Å². The standard InChI is InChI=1S/C23H17FN2O2.C23H18N2O.C19H17N3O2.C18H15N3O.C11H9IN2O/c24-15-7-9-16(10-8-15)28-17-4-1-3-14(13-17)22-18-11-12-25-23(27)19-5-2-6-20(26-22)21(18)19;26-23-19-7-4-8-20-21(19)18(13-14-24-23)22(25-20)17-11-9-16(10-12-17)15-5-2-1-3-6-15;1-11(23)21-13-5-2-4-12(10-13)18-14-8-9-20-19(24)15-6-3-7-16(22-18)17(14)15;22-18-13-7-4-8-16-17(13)14(11-19-16)15(20-21-18)10-9-12-5-2-1-3-6-12;12-10-6-4-5-13-11(15)7-2-1-3-8(14-10)9(6)7/h1-10,13,26H,11-12H2,(H,25,27);1-12,25H,13-14H2,(H,24,26);2-7,10,22H,8-9H2,1H3,(H,20,24)(H,21,23);1-8,11,19H,9-10H2,(H,21,22);1-3,14H,4-5H2,(H,13,15). The molecular weight excluding hydrogens is 1560 g/mol. The third kappa shape index (κ3) is 15.3. The molecule has 0 spiro atoms. The van der Waals surface area contributed by atoms with E-state index in [1.807, 2.05) is 170 Å². The predicted molar refractivity (Wildman–Crippen MR) is 460 cm³/mol. The van der Waals surface area contributed by atoms with E-state index in [-0.39, 0.29) is 41.3 Å². The lowest BCUT2D eigenvalue weighted by atomic mass is 9.98. The van der Waals surface area contributed by atoms with Gasteiger partial charge in [-0.1, -0.05) is 140 Å². The Bertz CT molecular complexity index is 6520. The third-order valence-corrected chi connectivity index (χ3v) is 22.2. The van der Waals surface area contributed by atoms with Crippen LogP contribution >= 0.6 is 22.6 Å². The van der Waals surface area contributed by atoms with Crippen molar-refractivity contribution in [3.63, 3.8) is 0 Å². The quantitative estimate of drug-likeness (QED) is 0.0589. The monoisotopic (exact) mass is 1630 g/mol. The average molecular weight is 1630 g/mol. The van der Waals surface area contributed by atoms with Gasteiger partial charge in [-0.3, -0.25) is 28.8 Å². The normalized spacial score (nSPS) is 13.7. The molecule has 0 saturated heterocycles. The summed E-state index contributed by atoms with van der Waals surface area (Å²) in [5.74, 6) is 0.672. The maximum atomic E-state index is 13.1. The van der Waals surface area contributed by atoms with Gasteiger partial charge in [0.15, 0.2) is 0 Å². The number of carbonyl (C=O) groups excluding carboxylic acids is 6. The van der Waals surface area contributed by atoms with Crippen LogP contribution in [-0.2, 0) is 36.9 Å². The van der Waals surface area contributed by atoms with Gasteiger partial charge >= 0.3 is 0 Å². The van der Waals surface area contributed by atoms with Gasteiger partial charge in [-0.2, -0.15) is 5.10 Å². The maximum absolute atomic E-state index is 13.1. The fourth-order valence-electron chi connectivity index (χ4n) is 16.0. The van der Waals surface area contributed by atoms with Crippen LogP contribution in [0, 0.1) is 9.52 Å². The summed E-state index contributed by atoms with van der Waals surface area (Å²) in [5, 5.41) is 24.0. The van der Waals surface area contributed by atoms with Crippen LogP contribution in [0.3, 0.4) is 0 Å². The molecule has 0 saturated carbocycles. The number of nitrogens with zero attached hydrogens (tertiary/aromatic N) is 1. The lowest BCUT2D eigenvalue weighted by molar-refractivity contribution is -0.114. The van der Waals surface area contributed by atoms with Gasteiger partial charge in [0.25, 0.3) is 29.5 Å². The number of carbonyl (C=O) groups is 6. The molecule has 0 fully saturated rings. The molecule has 0 aliphatic carbocycles. The average Bonchev–Trinajstić information content (AvgIpc) is 1.64. The van der Waals surface area contributed by atoms with E-state index in [0.29, 0.717) is 47.8 Å². The first kappa shape index (κ1) is 73.8. The summed E-state index contributed by atoms with van der Waals surface area (Å²) < 4.78 is 20.1. The van der Waals surface area contributed by atoms with Crippen molar-refractivity contribution >= 4 is 124 Å². The van der Waals surface area contributed by atoms with Crippen LogP contribution < -0.4 is 36.7 Å². The molecule has 11 N–H and O–H groups in total. The minimum atomic E-state index is -0.298. The molecule has 0 unspecified atom stereocenters. The Balaban J connectivity index is 0.000000105. The number of H-pyrrole nitrogens is 5. The van der Waals surface area contributed by atoms with Crippen molar-refractivity contribution in [3.8, 4) is 56.4 Å². The number of nitrogens with one attached hydrogen (secondary N) is 11. The van der Waals surface area contributed by atoms with Gasteiger partial charge in [-0.15, -0.1) is 0 Å². The number of halogens is 2. The number of aryl methyl sites for hydroxylation is 1. The van der Waals surface area contributed by atoms with E-state index in [1.165, 1.54) is 46.9 Å². The second kappa shape index (κ2) is 32.4. The Hall–Kier alpha value is -13.9. The summed E-state index contributed by atoms with van der Waals surface area (Å²) in [6.07, 6.45) is 6.87. The Morgan fingerprint density at radius 2 is 0.826 bits per heavy atom. The smallest absolute Gasteiger partial charge is 0.272 e. The predicted octanol–water partition coefficient (Wildman–Crippen LogP) is 18.2. The van der Waals surface area contributed by atoms with Crippen molar-refractivity contribution in [2.75, 3.05) is 31.5 Å². The second-order valence-electron chi connectivity index (χ2n) is 28.5. The first-order valence-corrected chi connectivity index (χ1v) is 39.2. The molecule has 6 amide bonds. The zero-order valence-corrected chi connectivity index (χ0v) is 64.5. The molecule has 21 rings (SSSR count). The van der Waals surface area contributed by atoms with Gasteiger partial charge in [0.2, 0.25) is 5.91 Å². The highest BCUT2D eigenvalue weighted by Gasteiger charge is 2.28. The molecule has 11 aromatic carbocycles. The van der Waals surface area contributed by atoms with Crippen molar-refractivity contribution < 1.29 is 37.9 Å². The summed E-state index contributed by atoms with van der Waals surface area (Å²) in [6.45, 7) is 4.08. The Labute approximate surface area is 673 Å². The highest BCUT2D eigenvalue weighted by Crippen LogP contribution is 2.40. The Kier molecular flexibility index (Phi) is 20.8. The van der Waals surface area contributed by atoms with Gasteiger partial charge < -0.3 is 56.2 Å². The van der Waals surface area contributed by atoms with Crippen molar-refractivity contribution in [2.45, 2.75) is 45.4 Å². The number of hydrazone groups is 1. The van der Waals surface area contributed by atoms with Crippen LogP contribution in [0.15, 0.2) is 260 Å². The molecule has 5 aromatic heterocycles. The molecule has 21 heteroatoms. The Morgan fingerprint density at radius 3 is 1.36 bits per heavy atom. The maximum Gasteiger partial charge on any atom is 0.272 e. The summed E-state index contributed by atoms with van der Waals surface area (Å²) in [7, 11) is 0. The van der Waals surface area contributed by atoms with Crippen LogP contribution in [0.2, 0.25) is 0 Å². The van der Waals surface area contributed by atoms with E-state index in [0.717, 1.165) is 176 Å². The number of benzene rings is 11. The van der Waals surface area contributed by atoms with Crippen molar-refractivity contribution in [3.05, 3.63) is 326 Å². The summed E-state index contributed by atoms with van der Waals surface area (Å²) in [6, 6.07) is 79.6. The topological polar surface area (TPSA) is 275 Å². The summed E-state index contributed by atoms with van der Waals surface area (Å²) in [5.41, 5.74) is 28.6. The molecule has 0 atom stereocenters. The zero-order chi connectivity index (χ0) is 78.6. The number of aromatic nitrogens is 5. The number of hydrogen-bond donors (Lipinski definition) is 11. The van der Waals surface area contributed by atoms with Gasteiger partial charge in [0.05, 0.1) is 15.0 Å². The van der Waals surface area contributed by atoms with E-state index in [9.17, 15) is 33.2 Å². The molecule has 16 aromatic rings. The van der Waals surface area contributed by atoms with E-state index in [2.05, 4.69) is 145 Å². The molecule has 0 radical (unpaired) electrons.